The van der Waals surface area contributed by atoms with Crippen LogP contribution in [0, 0.1) is 0 Å². The molecule has 0 atom stereocenters. The molecule has 5 heteroatoms. The first-order valence-electron chi connectivity index (χ1n) is 6.75. The van der Waals surface area contributed by atoms with Crippen LogP contribution >= 0.6 is 11.3 Å². The number of ether oxygens (including phenoxy) is 1. The highest BCUT2D eigenvalue weighted by Crippen LogP contribution is 2.33. The molecule has 1 aromatic carbocycles. The Morgan fingerprint density at radius 1 is 1.30 bits per heavy atom. The van der Waals surface area contributed by atoms with Crippen LogP contribution in [0.25, 0.3) is 0 Å². The van der Waals surface area contributed by atoms with Crippen LogP contribution in [0.4, 0.5) is 5.13 Å². The van der Waals surface area contributed by atoms with E-state index in [0.29, 0.717) is 6.61 Å². The van der Waals surface area contributed by atoms with Crippen LogP contribution in [-0.2, 0) is 31.0 Å². The number of aromatic nitrogens is 1. The van der Waals surface area contributed by atoms with E-state index in [1.165, 1.54) is 16.0 Å². The normalized spacial score (nSPS) is 13.8. The molecule has 0 unspecified atom stereocenters. The van der Waals surface area contributed by atoms with Gasteiger partial charge in [-0.1, -0.05) is 24.3 Å². The summed E-state index contributed by atoms with van der Waals surface area (Å²) in [5, 5.41) is 4.30. The molecule has 0 radical (unpaired) electrons. The highest BCUT2D eigenvalue weighted by molar-refractivity contribution is 7.15. The Kier molecular flexibility index (Phi) is 4.00. The number of rotatable bonds is 5. The molecule has 0 spiro atoms. The van der Waals surface area contributed by atoms with Crippen molar-refractivity contribution in [3.05, 3.63) is 46.0 Å². The van der Waals surface area contributed by atoms with Crippen LogP contribution in [0.5, 0.6) is 0 Å². The summed E-state index contributed by atoms with van der Waals surface area (Å²) in [6.07, 6.45) is 0. The van der Waals surface area contributed by atoms with Gasteiger partial charge < -0.3 is 15.0 Å². The van der Waals surface area contributed by atoms with Crippen molar-refractivity contribution in [3.8, 4) is 0 Å². The van der Waals surface area contributed by atoms with Gasteiger partial charge in [-0.2, -0.15) is 0 Å². The number of methoxy groups -OCH3 is 1. The highest BCUT2D eigenvalue weighted by atomic mass is 32.1. The van der Waals surface area contributed by atoms with E-state index in [9.17, 15) is 0 Å². The standard InChI is InChI=1S/C15H19N3OS/c1-16-7-14-13(10-19-2)17-15(20-14)18-8-11-5-3-4-6-12(11)9-18/h3-6,16H,7-10H2,1-2H3. The maximum Gasteiger partial charge on any atom is 0.186 e. The van der Waals surface area contributed by atoms with Crippen molar-refractivity contribution in [1.82, 2.24) is 10.3 Å². The largest absolute Gasteiger partial charge is 0.378 e. The molecule has 1 N–H and O–H groups in total. The van der Waals surface area contributed by atoms with Crippen LogP contribution in [0.15, 0.2) is 24.3 Å². The Balaban J connectivity index is 1.83. The van der Waals surface area contributed by atoms with Gasteiger partial charge >= 0.3 is 0 Å². The smallest absolute Gasteiger partial charge is 0.186 e. The second-order valence-corrected chi connectivity index (χ2v) is 6.02. The molecule has 0 saturated carbocycles. The Bertz CT molecular complexity index is 548. The summed E-state index contributed by atoms with van der Waals surface area (Å²) in [4.78, 5) is 8.37. The summed E-state index contributed by atoms with van der Waals surface area (Å²) in [5.41, 5.74) is 3.87. The summed E-state index contributed by atoms with van der Waals surface area (Å²) in [6.45, 7) is 3.33. The number of nitrogens with one attached hydrogen (secondary N) is 1. The van der Waals surface area contributed by atoms with Crippen molar-refractivity contribution in [2.24, 2.45) is 0 Å². The molecule has 2 heterocycles. The van der Waals surface area contributed by atoms with E-state index >= 15 is 0 Å². The molecule has 1 aliphatic heterocycles. The van der Waals surface area contributed by atoms with Gasteiger partial charge in [0.15, 0.2) is 5.13 Å². The fourth-order valence-electron chi connectivity index (χ4n) is 2.52. The molecule has 0 amide bonds. The van der Waals surface area contributed by atoms with E-state index in [1.54, 1.807) is 18.4 Å². The minimum Gasteiger partial charge on any atom is -0.378 e. The van der Waals surface area contributed by atoms with Gasteiger partial charge in [0.25, 0.3) is 0 Å². The number of hydrogen-bond donors (Lipinski definition) is 1. The molecule has 0 aliphatic carbocycles. The van der Waals surface area contributed by atoms with Crippen LogP contribution in [0.1, 0.15) is 21.7 Å². The van der Waals surface area contributed by atoms with Gasteiger partial charge in [-0.25, -0.2) is 4.98 Å². The van der Waals surface area contributed by atoms with Gasteiger partial charge in [-0.15, -0.1) is 11.3 Å². The van der Waals surface area contributed by atoms with Gasteiger partial charge in [0.2, 0.25) is 0 Å². The van der Waals surface area contributed by atoms with Crippen LogP contribution in [0.2, 0.25) is 0 Å². The molecular formula is C15H19N3OS. The molecule has 4 nitrogen and oxygen atoms in total. The van der Waals surface area contributed by atoms with Crippen LogP contribution < -0.4 is 10.2 Å². The zero-order valence-electron chi connectivity index (χ0n) is 11.8. The minimum atomic E-state index is 0.578. The summed E-state index contributed by atoms with van der Waals surface area (Å²) >= 11 is 1.76. The number of anilines is 1. The quantitative estimate of drug-likeness (QED) is 0.918. The lowest BCUT2D eigenvalue weighted by atomic mass is 10.1. The lowest BCUT2D eigenvalue weighted by Crippen LogP contribution is -2.14. The minimum absolute atomic E-state index is 0.578. The van der Waals surface area contributed by atoms with Crippen molar-refractivity contribution in [1.29, 1.82) is 0 Å². The first-order chi connectivity index (χ1) is 9.81. The second kappa shape index (κ2) is 5.91. The molecule has 1 aliphatic rings. The lowest BCUT2D eigenvalue weighted by molar-refractivity contribution is 0.181. The Morgan fingerprint density at radius 3 is 2.60 bits per heavy atom. The van der Waals surface area contributed by atoms with E-state index in [0.717, 1.165) is 30.5 Å². The average Bonchev–Trinajstić information content (AvgIpc) is 3.04. The first kappa shape index (κ1) is 13.5. The molecule has 2 aromatic rings. The molecule has 106 valence electrons. The zero-order valence-corrected chi connectivity index (χ0v) is 12.7. The monoisotopic (exact) mass is 289 g/mol. The molecule has 3 rings (SSSR count). The van der Waals surface area contributed by atoms with Gasteiger partial charge in [0.1, 0.15) is 0 Å². The fraction of sp³-hybridized carbons (Fsp3) is 0.400. The molecule has 0 saturated heterocycles. The molecule has 1 aromatic heterocycles. The number of benzene rings is 1. The third-order valence-electron chi connectivity index (χ3n) is 3.50. The summed E-state index contributed by atoms with van der Waals surface area (Å²) < 4.78 is 5.25. The first-order valence-corrected chi connectivity index (χ1v) is 7.57. The van der Waals surface area contributed by atoms with E-state index in [-0.39, 0.29) is 0 Å². The third-order valence-corrected chi connectivity index (χ3v) is 4.66. The average molecular weight is 289 g/mol. The number of hydrogen-bond acceptors (Lipinski definition) is 5. The van der Waals surface area contributed by atoms with Crippen molar-refractivity contribution in [2.75, 3.05) is 19.1 Å². The van der Waals surface area contributed by atoms with Crippen molar-refractivity contribution < 1.29 is 4.74 Å². The Labute approximate surface area is 123 Å². The SMILES string of the molecule is CNCc1sc(N2Cc3ccccc3C2)nc1COC. The summed E-state index contributed by atoms with van der Waals surface area (Å²) in [7, 11) is 3.68. The van der Waals surface area contributed by atoms with E-state index in [2.05, 4.69) is 34.5 Å². The number of fused-ring (bicyclic) bond motifs is 1. The zero-order chi connectivity index (χ0) is 13.9. The highest BCUT2D eigenvalue weighted by Gasteiger charge is 2.22. The lowest BCUT2D eigenvalue weighted by Gasteiger charge is -2.12. The van der Waals surface area contributed by atoms with Crippen molar-refractivity contribution in [3.63, 3.8) is 0 Å². The Morgan fingerprint density at radius 2 is 2.00 bits per heavy atom. The van der Waals surface area contributed by atoms with E-state index in [1.807, 2.05) is 7.05 Å². The number of thiazole rings is 1. The van der Waals surface area contributed by atoms with Gasteiger partial charge in [0.05, 0.1) is 12.3 Å². The van der Waals surface area contributed by atoms with Crippen molar-refractivity contribution in [2.45, 2.75) is 26.2 Å². The molecule has 0 fully saturated rings. The van der Waals surface area contributed by atoms with Crippen LogP contribution in [-0.4, -0.2) is 19.1 Å². The van der Waals surface area contributed by atoms with E-state index < -0.39 is 0 Å². The predicted octanol–water partition coefficient (Wildman–Crippen LogP) is 2.53. The van der Waals surface area contributed by atoms with Gasteiger partial charge in [-0.05, 0) is 18.2 Å². The Hall–Kier alpha value is -1.43. The molecule has 0 bridgehead atoms. The van der Waals surface area contributed by atoms with Gasteiger partial charge in [0, 0.05) is 31.6 Å². The number of nitrogens with zero attached hydrogens (tertiary/aromatic N) is 2. The maximum atomic E-state index is 5.25. The molecule has 20 heavy (non-hydrogen) atoms. The maximum absolute atomic E-state index is 5.25. The summed E-state index contributed by atoms with van der Waals surface area (Å²) in [6, 6.07) is 8.61. The predicted molar refractivity (Wildman–Crippen MR) is 81.9 cm³/mol. The fourth-order valence-corrected chi connectivity index (χ4v) is 3.59. The van der Waals surface area contributed by atoms with Crippen LogP contribution in [0.3, 0.4) is 0 Å². The third kappa shape index (κ3) is 2.57. The molecular weight excluding hydrogens is 270 g/mol. The van der Waals surface area contributed by atoms with Crippen molar-refractivity contribution >= 4 is 16.5 Å². The van der Waals surface area contributed by atoms with Gasteiger partial charge in [-0.3, -0.25) is 0 Å². The van der Waals surface area contributed by atoms with E-state index in [4.69, 9.17) is 9.72 Å². The summed E-state index contributed by atoms with van der Waals surface area (Å²) in [5.74, 6) is 0. The topological polar surface area (TPSA) is 37.4 Å². The second-order valence-electron chi connectivity index (χ2n) is 4.95.